The quantitative estimate of drug-likeness (QED) is 0.673. The fraction of sp³-hybridized carbons (Fsp3) is 0.125. The molecule has 0 aliphatic heterocycles. The molecule has 0 bridgehead atoms. The van der Waals surface area contributed by atoms with E-state index in [1.165, 1.54) is 25.2 Å². The van der Waals surface area contributed by atoms with Crippen molar-refractivity contribution in [1.29, 1.82) is 0 Å². The van der Waals surface area contributed by atoms with E-state index >= 15 is 0 Å². The van der Waals surface area contributed by atoms with Gasteiger partial charge in [0.2, 0.25) is 0 Å². The first-order valence-electron chi connectivity index (χ1n) is 3.33. The van der Waals surface area contributed by atoms with E-state index in [4.69, 9.17) is 12.2 Å². The number of rotatable bonds is 1. The molecule has 1 nitrogen and oxygen atoms in total. The van der Waals surface area contributed by atoms with Gasteiger partial charge in [-0.3, -0.25) is 0 Å². The molecule has 0 radical (unpaired) electrons. The molecule has 12 heavy (non-hydrogen) atoms. The summed E-state index contributed by atoms with van der Waals surface area (Å²) >= 11 is 4.71. The van der Waals surface area contributed by atoms with E-state index in [0.717, 1.165) is 0 Å². The molecular formula is C8H7F2NS. The Morgan fingerprint density at radius 3 is 2.25 bits per heavy atom. The molecule has 1 aromatic carbocycles. The van der Waals surface area contributed by atoms with Gasteiger partial charge in [0.05, 0.1) is 5.56 Å². The molecule has 0 amide bonds. The second-order valence-electron chi connectivity index (χ2n) is 2.18. The molecule has 0 heterocycles. The molecule has 0 unspecified atom stereocenters. The van der Waals surface area contributed by atoms with Crippen LogP contribution in [0.15, 0.2) is 18.2 Å². The van der Waals surface area contributed by atoms with Crippen LogP contribution in [0.4, 0.5) is 8.78 Å². The zero-order valence-corrected chi connectivity index (χ0v) is 7.21. The molecular weight excluding hydrogens is 180 g/mol. The number of halogens is 2. The van der Waals surface area contributed by atoms with Gasteiger partial charge in [0.15, 0.2) is 0 Å². The van der Waals surface area contributed by atoms with Crippen molar-refractivity contribution in [3.05, 3.63) is 35.4 Å². The van der Waals surface area contributed by atoms with E-state index in [1.54, 1.807) is 0 Å². The van der Waals surface area contributed by atoms with E-state index in [0.29, 0.717) is 0 Å². The van der Waals surface area contributed by atoms with Gasteiger partial charge < -0.3 is 5.32 Å². The first-order chi connectivity index (χ1) is 5.66. The van der Waals surface area contributed by atoms with Gasteiger partial charge in [0.25, 0.3) is 0 Å². The van der Waals surface area contributed by atoms with Crippen LogP contribution in [0.5, 0.6) is 0 Å². The number of benzene rings is 1. The maximum atomic E-state index is 12.9. The van der Waals surface area contributed by atoms with E-state index in [-0.39, 0.29) is 10.6 Å². The Bertz CT molecular complexity index is 292. The Morgan fingerprint density at radius 1 is 1.33 bits per heavy atom. The molecule has 0 saturated heterocycles. The average Bonchev–Trinajstić information content (AvgIpc) is 2.03. The topological polar surface area (TPSA) is 12.0 Å². The summed E-state index contributed by atoms with van der Waals surface area (Å²) in [6.45, 7) is 0. The van der Waals surface area contributed by atoms with Crippen molar-refractivity contribution in [3.63, 3.8) is 0 Å². The fourth-order valence-corrected chi connectivity index (χ4v) is 1.03. The summed E-state index contributed by atoms with van der Waals surface area (Å²) in [5.41, 5.74) is -0.171. The molecule has 0 fully saturated rings. The van der Waals surface area contributed by atoms with E-state index in [1.807, 2.05) is 0 Å². The molecule has 1 aromatic rings. The normalized spacial score (nSPS) is 9.58. The third-order valence-electron chi connectivity index (χ3n) is 1.42. The number of nitrogens with one attached hydrogen (secondary N) is 1. The first-order valence-corrected chi connectivity index (χ1v) is 3.73. The van der Waals surface area contributed by atoms with Crippen molar-refractivity contribution in [2.75, 3.05) is 7.05 Å². The highest BCUT2D eigenvalue weighted by molar-refractivity contribution is 7.80. The maximum absolute atomic E-state index is 12.9. The van der Waals surface area contributed by atoms with Gasteiger partial charge in [-0.1, -0.05) is 18.3 Å². The summed E-state index contributed by atoms with van der Waals surface area (Å²) in [6, 6.07) is 3.64. The number of hydrogen-bond acceptors (Lipinski definition) is 1. The van der Waals surface area contributed by atoms with Crippen molar-refractivity contribution >= 4 is 17.2 Å². The summed E-state index contributed by atoms with van der Waals surface area (Å²) in [6.07, 6.45) is 0. The highest BCUT2D eigenvalue weighted by atomic mass is 32.1. The molecule has 0 aliphatic rings. The number of hydrogen-bond donors (Lipinski definition) is 1. The van der Waals surface area contributed by atoms with Crippen LogP contribution in [-0.4, -0.2) is 12.0 Å². The van der Waals surface area contributed by atoms with Gasteiger partial charge in [-0.2, -0.15) is 0 Å². The molecule has 1 N–H and O–H groups in total. The molecule has 64 valence electrons. The molecule has 0 atom stereocenters. The summed E-state index contributed by atoms with van der Waals surface area (Å²) in [5.74, 6) is -1.29. The minimum Gasteiger partial charge on any atom is -0.379 e. The second kappa shape index (κ2) is 3.58. The summed E-state index contributed by atoms with van der Waals surface area (Å²) in [5, 5.41) is 2.51. The Hall–Kier alpha value is -1.03. The van der Waals surface area contributed by atoms with Crippen molar-refractivity contribution in [3.8, 4) is 0 Å². The minimum absolute atomic E-state index is 0.0746. The second-order valence-corrected chi connectivity index (χ2v) is 2.58. The summed E-state index contributed by atoms with van der Waals surface area (Å²) < 4.78 is 25.8. The van der Waals surface area contributed by atoms with E-state index in [2.05, 4.69) is 5.32 Å². The molecule has 4 heteroatoms. The minimum atomic E-state index is -0.644. The van der Waals surface area contributed by atoms with Crippen molar-refractivity contribution in [1.82, 2.24) is 5.32 Å². The van der Waals surface area contributed by atoms with Crippen LogP contribution < -0.4 is 5.32 Å². The lowest BCUT2D eigenvalue weighted by Gasteiger charge is -2.04. The van der Waals surface area contributed by atoms with Crippen LogP contribution in [0.2, 0.25) is 0 Å². The smallest absolute Gasteiger partial charge is 0.136 e. The Kier molecular flexibility index (Phi) is 2.70. The number of thiocarbonyl (C=S) groups is 1. The lowest BCUT2D eigenvalue weighted by atomic mass is 10.2. The Balaban J connectivity index is 3.21. The van der Waals surface area contributed by atoms with Gasteiger partial charge >= 0.3 is 0 Å². The predicted molar refractivity (Wildman–Crippen MR) is 47.1 cm³/mol. The SMILES string of the molecule is CNC(=S)c1c(F)cccc1F. The summed E-state index contributed by atoms with van der Waals surface area (Å²) in [4.78, 5) is 0.0746. The van der Waals surface area contributed by atoms with E-state index in [9.17, 15) is 8.78 Å². The zero-order chi connectivity index (χ0) is 9.14. The van der Waals surface area contributed by atoms with Crippen molar-refractivity contribution in [2.24, 2.45) is 0 Å². The monoisotopic (exact) mass is 187 g/mol. The molecule has 0 spiro atoms. The predicted octanol–water partition coefficient (Wildman–Crippen LogP) is 1.86. The van der Waals surface area contributed by atoms with Crippen LogP contribution >= 0.6 is 12.2 Å². The average molecular weight is 187 g/mol. The van der Waals surface area contributed by atoms with Gasteiger partial charge in [-0.05, 0) is 12.1 Å². The van der Waals surface area contributed by atoms with Crippen molar-refractivity contribution in [2.45, 2.75) is 0 Å². The van der Waals surface area contributed by atoms with Gasteiger partial charge in [0, 0.05) is 7.05 Å². The molecule has 0 saturated carbocycles. The fourth-order valence-electron chi connectivity index (χ4n) is 0.840. The lowest BCUT2D eigenvalue weighted by molar-refractivity contribution is 0.578. The van der Waals surface area contributed by atoms with Gasteiger partial charge in [-0.15, -0.1) is 0 Å². The third kappa shape index (κ3) is 1.58. The molecule has 1 rings (SSSR count). The zero-order valence-electron chi connectivity index (χ0n) is 6.40. The maximum Gasteiger partial charge on any atom is 0.136 e. The van der Waals surface area contributed by atoms with Gasteiger partial charge in [-0.25, -0.2) is 8.78 Å². The first kappa shape index (κ1) is 9.06. The molecule has 0 aromatic heterocycles. The van der Waals surface area contributed by atoms with Crippen LogP contribution in [0, 0.1) is 11.6 Å². The summed E-state index contributed by atoms with van der Waals surface area (Å²) in [7, 11) is 1.52. The van der Waals surface area contributed by atoms with Crippen LogP contribution in [0.25, 0.3) is 0 Å². The highest BCUT2D eigenvalue weighted by Gasteiger charge is 2.11. The lowest BCUT2D eigenvalue weighted by Crippen LogP contribution is -2.19. The van der Waals surface area contributed by atoms with Crippen LogP contribution in [0.1, 0.15) is 5.56 Å². The van der Waals surface area contributed by atoms with Crippen molar-refractivity contribution < 1.29 is 8.78 Å². The Labute approximate surface area is 74.4 Å². The molecule has 0 aliphatic carbocycles. The Morgan fingerprint density at radius 2 is 1.83 bits per heavy atom. The highest BCUT2D eigenvalue weighted by Crippen LogP contribution is 2.11. The van der Waals surface area contributed by atoms with E-state index < -0.39 is 11.6 Å². The van der Waals surface area contributed by atoms with Crippen LogP contribution in [0.3, 0.4) is 0 Å². The third-order valence-corrected chi connectivity index (χ3v) is 1.83. The van der Waals surface area contributed by atoms with Gasteiger partial charge in [0.1, 0.15) is 16.6 Å². The largest absolute Gasteiger partial charge is 0.379 e. The standard InChI is InChI=1S/C8H7F2NS/c1-11-8(12)7-5(9)3-2-4-6(7)10/h2-4H,1H3,(H,11,12). The van der Waals surface area contributed by atoms with Crippen LogP contribution in [-0.2, 0) is 0 Å².